The zero-order valence-corrected chi connectivity index (χ0v) is 34.3. The Morgan fingerprint density at radius 3 is 2.19 bits per heavy atom. The van der Waals surface area contributed by atoms with E-state index < -0.39 is 0 Å². The Morgan fingerprint density at radius 2 is 1.44 bits per heavy atom. The number of rotatable bonds is 4. The SMILES string of the molecule is Cc1ccc(-c2[c-]ccc3sc4c(c23)C(C)(C)c2ccccc2B4c2nc(C)nc(-c3ccccc3)n2)nc1.Cc1cnc(-c2[c-]cccc2)cc1C.[Ir]. The molecule has 0 bridgehead atoms. The number of aryl methyl sites for hydroxylation is 4. The molecule has 1 aliphatic heterocycles. The fraction of sp³-hybridized carbons (Fsp3) is 0.152. The Kier molecular flexibility index (Phi) is 10.5. The van der Waals surface area contributed by atoms with Gasteiger partial charge in [-0.25, -0.2) is 15.0 Å². The molecule has 8 aromatic rings. The van der Waals surface area contributed by atoms with Gasteiger partial charge in [0.1, 0.15) is 11.5 Å². The molecule has 0 atom stereocenters. The summed E-state index contributed by atoms with van der Waals surface area (Å²) in [7, 11) is 0. The Bertz CT molecular complexity index is 2590. The maximum Gasteiger partial charge on any atom is 0.301 e. The normalized spacial score (nSPS) is 12.6. The average Bonchev–Trinajstić information content (AvgIpc) is 3.58. The van der Waals surface area contributed by atoms with Crippen molar-refractivity contribution in [3.8, 4) is 33.9 Å². The van der Waals surface area contributed by atoms with Crippen molar-refractivity contribution in [2.24, 2.45) is 0 Å². The summed E-state index contributed by atoms with van der Waals surface area (Å²) < 4.78 is 2.52. The van der Waals surface area contributed by atoms with Gasteiger partial charge in [-0.1, -0.05) is 109 Å². The first-order valence-electron chi connectivity index (χ1n) is 17.9. The van der Waals surface area contributed by atoms with Gasteiger partial charge >= 0.3 is 6.71 Å². The summed E-state index contributed by atoms with van der Waals surface area (Å²) in [5.41, 5.74) is 13.1. The average molecular weight is 896 g/mol. The van der Waals surface area contributed by atoms with E-state index in [2.05, 4.69) is 112 Å². The molecule has 1 radical (unpaired) electrons. The zero-order valence-electron chi connectivity index (χ0n) is 31.1. The summed E-state index contributed by atoms with van der Waals surface area (Å²) in [6.07, 6.45) is 3.84. The van der Waals surface area contributed by atoms with Gasteiger partial charge in [-0.2, -0.15) is 11.3 Å². The van der Waals surface area contributed by atoms with Crippen LogP contribution in [-0.4, -0.2) is 31.6 Å². The van der Waals surface area contributed by atoms with Crippen molar-refractivity contribution in [2.75, 3.05) is 0 Å². The Hall–Kier alpha value is -5.14. The monoisotopic (exact) mass is 896 g/mol. The predicted octanol–water partition coefficient (Wildman–Crippen LogP) is 8.55. The van der Waals surface area contributed by atoms with E-state index in [1.54, 1.807) is 0 Å². The Morgan fingerprint density at radius 1 is 0.685 bits per heavy atom. The first-order valence-corrected chi connectivity index (χ1v) is 18.7. The smallest absolute Gasteiger partial charge is 0.301 e. The van der Waals surface area contributed by atoms with Crippen LogP contribution in [0.2, 0.25) is 0 Å². The van der Waals surface area contributed by atoms with E-state index in [4.69, 9.17) is 19.9 Å². The molecule has 5 heterocycles. The third-order valence-corrected chi connectivity index (χ3v) is 11.3. The van der Waals surface area contributed by atoms with E-state index in [0.717, 1.165) is 45.2 Å². The van der Waals surface area contributed by atoms with Crippen LogP contribution >= 0.6 is 11.3 Å². The standard InChI is InChI=1S/C33H26BN4S.C13H12N.Ir/c1-20-17-18-26(35-19-20)23-13-10-16-27-28(23)29-30(39-27)34(25-15-9-8-14-24(25)33(29,3)4)32-37-21(2)36-31(38-32)22-11-6-5-7-12-22;1-10-8-13(14-9-11(10)2)12-6-4-3-5-7-12;/h5-12,14-19H,1-4H3;3-6,8-9H,1-2H3;/q2*-1;. The van der Waals surface area contributed by atoms with Crippen LogP contribution in [0, 0.1) is 39.8 Å². The number of fused-ring (bicyclic) bond motifs is 4. The molecule has 0 unspecified atom stereocenters. The van der Waals surface area contributed by atoms with E-state index in [1.165, 1.54) is 42.6 Å². The van der Waals surface area contributed by atoms with Gasteiger partial charge in [0.2, 0.25) is 0 Å². The van der Waals surface area contributed by atoms with E-state index in [0.29, 0.717) is 5.82 Å². The number of thiophene rings is 1. The van der Waals surface area contributed by atoms with Crippen molar-refractivity contribution < 1.29 is 20.1 Å². The molecule has 54 heavy (non-hydrogen) atoms. The first kappa shape index (κ1) is 37.2. The van der Waals surface area contributed by atoms with Crippen molar-refractivity contribution in [2.45, 2.75) is 47.0 Å². The van der Waals surface area contributed by atoms with Crippen LogP contribution in [0.4, 0.5) is 0 Å². The molecule has 267 valence electrons. The van der Waals surface area contributed by atoms with E-state index in [9.17, 15) is 0 Å². The number of hydrogen-bond donors (Lipinski definition) is 0. The molecular formula is C46H38BIrN5S-2. The molecule has 0 saturated carbocycles. The number of pyridine rings is 2. The summed E-state index contributed by atoms with van der Waals surface area (Å²) in [6.45, 7) is 12.8. The fourth-order valence-corrected chi connectivity index (χ4v) is 8.76. The third-order valence-electron chi connectivity index (χ3n) is 10.1. The minimum absolute atomic E-state index is 0. The molecule has 9 rings (SSSR count). The third kappa shape index (κ3) is 6.98. The van der Waals surface area contributed by atoms with Crippen molar-refractivity contribution >= 4 is 44.1 Å². The van der Waals surface area contributed by atoms with Crippen LogP contribution in [0.25, 0.3) is 44.0 Å². The molecule has 0 amide bonds. The number of nitrogens with zero attached hydrogens (tertiary/aromatic N) is 5. The van der Waals surface area contributed by atoms with Crippen molar-refractivity contribution in [1.82, 2.24) is 24.9 Å². The predicted molar refractivity (Wildman–Crippen MR) is 220 cm³/mol. The molecule has 0 aliphatic carbocycles. The van der Waals surface area contributed by atoms with Crippen LogP contribution in [-0.2, 0) is 25.5 Å². The second kappa shape index (κ2) is 15.3. The quantitative estimate of drug-likeness (QED) is 0.131. The topological polar surface area (TPSA) is 64.5 Å². The van der Waals surface area contributed by atoms with Crippen LogP contribution in [0.5, 0.6) is 0 Å². The molecule has 5 nitrogen and oxygen atoms in total. The van der Waals surface area contributed by atoms with Crippen LogP contribution in [0.3, 0.4) is 0 Å². The number of aromatic nitrogens is 5. The molecule has 1 aliphatic rings. The second-order valence-corrected chi connectivity index (χ2v) is 15.2. The number of hydrogen-bond acceptors (Lipinski definition) is 6. The van der Waals surface area contributed by atoms with Crippen LogP contribution < -0.4 is 16.0 Å². The minimum Gasteiger partial charge on any atom is -0.304 e. The van der Waals surface area contributed by atoms with Gasteiger partial charge in [-0.3, -0.25) is 0 Å². The van der Waals surface area contributed by atoms with Gasteiger partial charge in [0, 0.05) is 43.5 Å². The fourth-order valence-electron chi connectivity index (χ4n) is 7.27. The second-order valence-electron chi connectivity index (χ2n) is 14.2. The van der Waals surface area contributed by atoms with Gasteiger partial charge < -0.3 is 9.97 Å². The van der Waals surface area contributed by atoms with Crippen molar-refractivity contribution in [3.63, 3.8) is 0 Å². The van der Waals surface area contributed by atoms with E-state index >= 15 is 0 Å². The molecule has 4 aromatic heterocycles. The molecule has 0 fully saturated rings. The van der Waals surface area contributed by atoms with Crippen LogP contribution in [0.1, 0.15) is 47.5 Å². The number of benzene rings is 4. The molecule has 0 spiro atoms. The van der Waals surface area contributed by atoms with Crippen LogP contribution in [0.15, 0.2) is 122 Å². The van der Waals surface area contributed by atoms with Gasteiger partial charge in [-0.15, -0.1) is 59.7 Å². The summed E-state index contributed by atoms with van der Waals surface area (Å²) in [6, 6.07) is 44.1. The molecular weight excluding hydrogens is 858 g/mol. The van der Waals surface area contributed by atoms with Gasteiger partial charge in [-0.05, 0) is 65.2 Å². The molecule has 0 saturated heterocycles. The maximum absolute atomic E-state index is 5.10. The maximum atomic E-state index is 5.10. The summed E-state index contributed by atoms with van der Waals surface area (Å²) in [4.78, 5) is 23.9. The molecule has 4 aromatic carbocycles. The van der Waals surface area contributed by atoms with Gasteiger partial charge in [0.15, 0.2) is 5.82 Å². The largest absolute Gasteiger partial charge is 0.304 e. The zero-order chi connectivity index (χ0) is 36.7. The first-order chi connectivity index (χ1) is 25.7. The van der Waals surface area contributed by atoms with Gasteiger partial charge in [0.25, 0.3) is 0 Å². The van der Waals surface area contributed by atoms with Crippen molar-refractivity contribution in [3.05, 3.63) is 167 Å². The Labute approximate surface area is 335 Å². The minimum atomic E-state index is -0.223. The summed E-state index contributed by atoms with van der Waals surface area (Å²) in [5.74, 6) is 1.43. The van der Waals surface area contributed by atoms with E-state index in [1.807, 2.05) is 79.2 Å². The summed E-state index contributed by atoms with van der Waals surface area (Å²) in [5, 5.41) is 1.23. The molecule has 0 N–H and O–H groups in total. The summed E-state index contributed by atoms with van der Waals surface area (Å²) >= 11 is 1.84. The van der Waals surface area contributed by atoms with E-state index in [-0.39, 0.29) is 32.2 Å². The molecule has 8 heteroatoms. The Balaban J connectivity index is 0.000000253. The van der Waals surface area contributed by atoms with Crippen molar-refractivity contribution in [1.29, 1.82) is 0 Å². The van der Waals surface area contributed by atoms with Gasteiger partial charge in [0.05, 0.1) is 0 Å².